The van der Waals surface area contributed by atoms with Gasteiger partial charge in [-0.1, -0.05) is 42.5 Å². The Balaban J connectivity index is 1.79. The number of fused-ring (bicyclic) bond motifs is 4. The number of carbonyl (C=O) groups is 1. The highest BCUT2D eigenvalue weighted by Gasteiger charge is 2.32. The van der Waals surface area contributed by atoms with Crippen molar-refractivity contribution in [3.8, 4) is 11.1 Å². The second-order valence-electron chi connectivity index (χ2n) is 6.20. The highest BCUT2D eigenvalue weighted by Crippen LogP contribution is 2.39. The lowest BCUT2D eigenvalue weighted by Crippen LogP contribution is -2.04. The SMILES string of the molecule is O=C1C2=C(CCCC=C2)c2c1cnc1c(-c3ccccc3)cnn21. The minimum Gasteiger partial charge on any atom is -0.288 e. The van der Waals surface area contributed by atoms with Crippen molar-refractivity contribution in [1.29, 1.82) is 0 Å². The number of carbonyl (C=O) groups excluding carboxylic acids is 1. The highest BCUT2D eigenvalue weighted by atomic mass is 16.1. The Morgan fingerprint density at radius 2 is 1.92 bits per heavy atom. The second kappa shape index (κ2) is 4.99. The molecule has 2 heterocycles. The Bertz CT molecular complexity index is 1040. The van der Waals surface area contributed by atoms with E-state index in [0.717, 1.165) is 52.9 Å². The Morgan fingerprint density at radius 1 is 1.04 bits per heavy atom. The predicted molar refractivity (Wildman–Crippen MR) is 92.7 cm³/mol. The summed E-state index contributed by atoms with van der Waals surface area (Å²) in [4.78, 5) is 17.3. The molecule has 116 valence electrons. The third-order valence-electron chi connectivity index (χ3n) is 4.79. The first-order valence-corrected chi connectivity index (χ1v) is 8.21. The zero-order valence-electron chi connectivity index (χ0n) is 13.1. The molecule has 4 nitrogen and oxygen atoms in total. The van der Waals surface area contributed by atoms with E-state index in [1.165, 1.54) is 0 Å². The maximum atomic E-state index is 12.7. The van der Waals surface area contributed by atoms with Crippen LogP contribution in [-0.4, -0.2) is 20.4 Å². The fourth-order valence-electron chi connectivity index (χ4n) is 3.65. The Kier molecular flexibility index (Phi) is 2.80. The van der Waals surface area contributed by atoms with E-state index in [1.54, 1.807) is 6.20 Å². The van der Waals surface area contributed by atoms with Gasteiger partial charge < -0.3 is 0 Å². The van der Waals surface area contributed by atoms with Crippen molar-refractivity contribution in [1.82, 2.24) is 14.6 Å². The van der Waals surface area contributed by atoms with Crippen molar-refractivity contribution >= 4 is 17.0 Å². The number of rotatable bonds is 1. The lowest BCUT2D eigenvalue weighted by Gasteiger charge is -2.07. The zero-order valence-corrected chi connectivity index (χ0v) is 13.1. The molecule has 4 heteroatoms. The van der Waals surface area contributed by atoms with E-state index in [9.17, 15) is 4.79 Å². The molecule has 24 heavy (non-hydrogen) atoms. The number of hydrogen-bond acceptors (Lipinski definition) is 3. The van der Waals surface area contributed by atoms with Gasteiger partial charge in [-0.05, 0) is 30.4 Å². The second-order valence-corrected chi connectivity index (χ2v) is 6.20. The van der Waals surface area contributed by atoms with Crippen molar-refractivity contribution < 1.29 is 4.79 Å². The van der Waals surface area contributed by atoms with Gasteiger partial charge in [-0.3, -0.25) is 4.79 Å². The smallest absolute Gasteiger partial charge is 0.197 e. The van der Waals surface area contributed by atoms with Crippen LogP contribution >= 0.6 is 0 Å². The molecule has 0 radical (unpaired) electrons. The van der Waals surface area contributed by atoms with Gasteiger partial charge in [-0.15, -0.1) is 0 Å². The van der Waals surface area contributed by atoms with Gasteiger partial charge in [0.25, 0.3) is 0 Å². The van der Waals surface area contributed by atoms with Gasteiger partial charge in [0.1, 0.15) is 0 Å². The summed E-state index contributed by atoms with van der Waals surface area (Å²) < 4.78 is 1.84. The van der Waals surface area contributed by atoms with E-state index in [-0.39, 0.29) is 5.78 Å². The summed E-state index contributed by atoms with van der Waals surface area (Å²) in [5.41, 5.74) is 6.39. The maximum absolute atomic E-state index is 12.7. The third-order valence-corrected chi connectivity index (χ3v) is 4.79. The van der Waals surface area contributed by atoms with Gasteiger partial charge in [0.15, 0.2) is 11.4 Å². The normalized spacial score (nSPS) is 16.4. The van der Waals surface area contributed by atoms with Crippen LogP contribution in [0.25, 0.3) is 22.3 Å². The molecule has 1 aromatic carbocycles. The van der Waals surface area contributed by atoms with Crippen molar-refractivity contribution in [2.24, 2.45) is 0 Å². The third kappa shape index (κ3) is 1.77. The number of nitrogens with zero attached hydrogens (tertiary/aromatic N) is 3. The number of allylic oxidation sites excluding steroid dienone is 4. The summed E-state index contributed by atoms with van der Waals surface area (Å²) in [7, 11) is 0. The highest BCUT2D eigenvalue weighted by molar-refractivity contribution is 6.22. The van der Waals surface area contributed by atoms with E-state index in [0.29, 0.717) is 5.56 Å². The van der Waals surface area contributed by atoms with E-state index in [1.807, 2.05) is 35.0 Å². The van der Waals surface area contributed by atoms with Crippen LogP contribution in [0.4, 0.5) is 0 Å². The van der Waals surface area contributed by atoms with Gasteiger partial charge >= 0.3 is 0 Å². The molecule has 0 fully saturated rings. The van der Waals surface area contributed by atoms with Gasteiger partial charge in [0, 0.05) is 17.3 Å². The molecule has 0 spiro atoms. The molecule has 0 bridgehead atoms. The maximum Gasteiger partial charge on any atom is 0.197 e. The fraction of sp³-hybridized carbons (Fsp3) is 0.150. The molecule has 2 aliphatic carbocycles. The topological polar surface area (TPSA) is 47.3 Å². The minimum atomic E-state index is 0.0734. The molecule has 0 N–H and O–H groups in total. The lowest BCUT2D eigenvalue weighted by atomic mass is 10.1. The van der Waals surface area contributed by atoms with Crippen molar-refractivity contribution in [3.05, 3.63) is 71.7 Å². The molecular weight excluding hydrogens is 298 g/mol. The van der Waals surface area contributed by atoms with Crippen LogP contribution in [0.5, 0.6) is 0 Å². The Labute approximate surface area is 139 Å². The molecule has 0 atom stereocenters. The summed E-state index contributed by atoms with van der Waals surface area (Å²) in [5.74, 6) is 0.0734. The van der Waals surface area contributed by atoms with Crippen LogP contribution in [-0.2, 0) is 0 Å². The summed E-state index contributed by atoms with van der Waals surface area (Å²) in [6.45, 7) is 0. The quantitative estimate of drug-likeness (QED) is 0.680. The van der Waals surface area contributed by atoms with E-state index in [4.69, 9.17) is 0 Å². The predicted octanol–water partition coefficient (Wildman–Crippen LogP) is 4.09. The van der Waals surface area contributed by atoms with Gasteiger partial charge in [0.2, 0.25) is 0 Å². The van der Waals surface area contributed by atoms with E-state index < -0.39 is 0 Å². The molecule has 0 saturated carbocycles. The number of hydrogen-bond donors (Lipinski definition) is 0. The van der Waals surface area contributed by atoms with Crippen LogP contribution in [0.15, 0.2) is 60.5 Å². The molecule has 2 aromatic heterocycles. The first kappa shape index (κ1) is 13.4. The molecule has 0 amide bonds. The molecule has 0 saturated heterocycles. The number of aromatic nitrogens is 3. The van der Waals surface area contributed by atoms with Gasteiger partial charge in [0.05, 0.1) is 17.5 Å². The Morgan fingerprint density at radius 3 is 2.79 bits per heavy atom. The summed E-state index contributed by atoms with van der Waals surface area (Å²) in [6.07, 6.45) is 10.6. The van der Waals surface area contributed by atoms with Crippen molar-refractivity contribution in [2.45, 2.75) is 19.3 Å². The van der Waals surface area contributed by atoms with E-state index >= 15 is 0 Å². The van der Waals surface area contributed by atoms with E-state index in [2.05, 4.69) is 28.3 Å². The standard InChI is InChI=1S/C20H15N3O/c24-19-15-10-6-2-5-9-14(15)18-17(19)11-21-20-16(12-22-23(18)20)13-7-3-1-4-8-13/h1,3-4,6-8,10-12H,2,5,9H2. The monoisotopic (exact) mass is 313 g/mol. The summed E-state index contributed by atoms with van der Waals surface area (Å²) >= 11 is 0. The van der Waals surface area contributed by atoms with Crippen LogP contribution in [0.2, 0.25) is 0 Å². The van der Waals surface area contributed by atoms with Gasteiger partial charge in [-0.2, -0.15) is 5.10 Å². The fourth-order valence-corrected chi connectivity index (χ4v) is 3.65. The molecule has 3 aromatic rings. The molecule has 0 unspecified atom stereocenters. The van der Waals surface area contributed by atoms with Gasteiger partial charge in [-0.25, -0.2) is 9.50 Å². The lowest BCUT2D eigenvalue weighted by molar-refractivity contribution is 0.104. The molecule has 2 aliphatic rings. The van der Waals surface area contributed by atoms with Crippen LogP contribution < -0.4 is 0 Å². The Hall–Kier alpha value is -3.01. The number of ketones is 1. The molecule has 5 rings (SSSR count). The average Bonchev–Trinajstić information content (AvgIpc) is 3.05. The van der Waals surface area contributed by atoms with Crippen LogP contribution in [0.3, 0.4) is 0 Å². The average molecular weight is 313 g/mol. The van der Waals surface area contributed by atoms with Crippen molar-refractivity contribution in [3.63, 3.8) is 0 Å². The summed E-state index contributed by atoms with van der Waals surface area (Å²) in [6, 6.07) is 10.1. The number of Topliss-reactive ketones (excluding diaryl/α,β-unsaturated/α-hetero) is 1. The first-order valence-electron chi connectivity index (χ1n) is 8.21. The zero-order chi connectivity index (χ0) is 16.1. The first-order chi connectivity index (χ1) is 11.8. The minimum absolute atomic E-state index is 0.0734. The van der Waals surface area contributed by atoms with Crippen LogP contribution in [0.1, 0.15) is 35.3 Å². The number of benzene rings is 1. The van der Waals surface area contributed by atoms with Crippen LogP contribution in [0, 0.1) is 0 Å². The molecular formula is C20H15N3O. The largest absolute Gasteiger partial charge is 0.288 e. The summed E-state index contributed by atoms with van der Waals surface area (Å²) in [5, 5.41) is 4.57. The molecule has 0 aliphatic heterocycles. The van der Waals surface area contributed by atoms with Crippen molar-refractivity contribution in [2.75, 3.05) is 0 Å².